The molecule has 0 aliphatic rings. The third-order valence-corrected chi connectivity index (χ3v) is 4.16. The number of rotatable bonds is 5. The Labute approximate surface area is 125 Å². The lowest BCUT2D eigenvalue weighted by atomic mass is 10.2. The average Bonchev–Trinajstić information content (AvgIpc) is 2.79. The Bertz CT molecular complexity index is 562. The van der Waals surface area contributed by atoms with Crippen molar-refractivity contribution < 1.29 is 5.11 Å². The fraction of sp³-hybridized carbons (Fsp3) is 0.333. The van der Waals surface area contributed by atoms with Crippen LogP contribution in [0.15, 0.2) is 17.5 Å². The number of aryl methyl sites for hydroxylation is 1. The molecule has 4 nitrogen and oxygen atoms in total. The number of halogens is 2. The Balaban J connectivity index is 2.04. The second-order valence-electron chi connectivity index (χ2n) is 4.03. The molecule has 2 aromatic rings. The molecule has 2 rings (SSSR count). The number of hydrogen-bond donors (Lipinski definition) is 2. The van der Waals surface area contributed by atoms with Gasteiger partial charge in [-0.15, -0.1) is 11.3 Å². The number of nitrogens with one attached hydrogen (secondary N) is 1. The normalized spacial score (nSPS) is 12.6. The maximum absolute atomic E-state index is 9.41. The highest BCUT2D eigenvalue weighted by Gasteiger charge is 2.14. The van der Waals surface area contributed by atoms with Gasteiger partial charge in [0.1, 0.15) is 15.3 Å². The zero-order valence-electron chi connectivity index (χ0n) is 10.2. The summed E-state index contributed by atoms with van der Waals surface area (Å²) in [5, 5.41) is 16.2. The van der Waals surface area contributed by atoms with E-state index in [1.807, 2.05) is 18.4 Å². The van der Waals surface area contributed by atoms with Gasteiger partial charge in [0.2, 0.25) is 0 Å². The lowest BCUT2D eigenvalue weighted by Gasteiger charge is -2.14. The number of hydrogen-bond acceptors (Lipinski definition) is 5. The number of thiazole rings is 1. The Hall–Kier alpha value is -0.720. The van der Waals surface area contributed by atoms with Crippen LogP contribution in [0.3, 0.4) is 0 Å². The first-order chi connectivity index (χ1) is 9.10. The van der Waals surface area contributed by atoms with Gasteiger partial charge in [-0.1, -0.05) is 29.3 Å². The molecule has 1 atom stereocenters. The second-order valence-corrected chi connectivity index (χ2v) is 5.66. The van der Waals surface area contributed by atoms with Crippen LogP contribution in [0, 0.1) is 6.92 Å². The van der Waals surface area contributed by atoms with Gasteiger partial charge in [0.05, 0.1) is 12.6 Å². The van der Waals surface area contributed by atoms with Crippen molar-refractivity contribution in [1.29, 1.82) is 0 Å². The van der Waals surface area contributed by atoms with Crippen molar-refractivity contribution in [3.8, 4) is 0 Å². The van der Waals surface area contributed by atoms with Crippen LogP contribution in [0.1, 0.15) is 22.3 Å². The minimum atomic E-state index is -0.203. The summed E-state index contributed by atoms with van der Waals surface area (Å²) in [5.41, 5.74) is 1.78. The Morgan fingerprint density at radius 2 is 2.16 bits per heavy atom. The van der Waals surface area contributed by atoms with E-state index in [-0.39, 0.29) is 12.6 Å². The summed E-state index contributed by atoms with van der Waals surface area (Å²) < 4.78 is 0. The average molecular weight is 318 g/mol. The highest BCUT2D eigenvalue weighted by molar-refractivity contribution is 7.09. The van der Waals surface area contributed by atoms with Crippen LogP contribution in [0.2, 0.25) is 10.3 Å². The van der Waals surface area contributed by atoms with Gasteiger partial charge in [0.25, 0.3) is 0 Å². The quantitative estimate of drug-likeness (QED) is 0.832. The molecule has 0 radical (unpaired) electrons. The third kappa shape index (κ3) is 3.87. The zero-order chi connectivity index (χ0) is 13.8. The van der Waals surface area contributed by atoms with Crippen LogP contribution in [-0.4, -0.2) is 21.7 Å². The van der Waals surface area contributed by atoms with Gasteiger partial charge in [-0.3, -0.25) is 0 Å². The van der Waals surface area contributed by atoms with Crippen LogP contribution >= 0.6 is 34.5 Å². The van der Waals surface area contributed by atoms with E-state index in [1.54, 1.807) is 6.07 Å². The van der Waals surface area contributed by atoms with E-state index in [9.17, 15) is 5.11 Å². The molecule has 0 spiro atoms. The first kappa shape index (κ1) is 14.7. The van der Waals surface area contributed by atoms with Gasteiger partial charge in [-0.05, 0) is 13.0 Å². The molecule has 0 saturated carbocycles. The van der Waals surface area contributed by atoms with E-state index in [1.165, 1.54) is 11.3 Å². The number of aliphatic hydroxyl groups excluding tert-OH is 1. The van der Waals surface area contributed by atoms with Crippen molar-refractivity contribution >= 4 is 34.5 Å². The predicted molar refractivity (Wildman–Crippen MR) is 77.8 cm³/mol. The summed E-state index contributed by atoms with van der Waals surface area (Å²) in [6.45, 7) is 2.40. The standard InChI is InChI=1S/C12H13Cl2N3OS/c1-7-6-19-12(16-7)9(5-18)15-4-8-2-3-10(13)17-11(8)14/h2-3,6,9,15,18H,4-5H2,1H3. The van der Waals surface area contributed by atoms with E-state index < -0.39 is 0 Å². The molecule has 2 heterocycles. The summed E-state index contributed by atoms with van der Waals surface area (Å²) >= 11 is 13.3. The van der Waals surface area contributed by atoms with Crippen LogP contribution in [0.25, 0.3) is 0 Å². The lowest BCUT2D eigenvalue weighted by molar-refractivity contribution is 0.243. The lowest BCUT2D eigenvalue weighted by Crippen LogP contribution is -2.24. The highest BCUT2D eigenvalue weighted by Crippen LogP contribution is 2.20. The van der Waals surface area contributed by atoms with E-state index in [4.69, 9.17) is 23.2 Å². The van der Waals surface area contributed by atoms with Gasteiger partial charge in [-0.2, -0.15) is 0 Å². The zero-order valence-corrected chi connectivity index (χ0v) is 12.6. The summed E-state index contributed by atoms with van der Waals surface area (Å²) in [5.74, 6) is 0. The van der Waals surface area contributed by atoms with Crippen LogP contribution < -0.4 is 5.32 Å². The largest absolute Gasteiger partial charge is 0.394 e. The molecule has 0 aromatic carbocycles. The monoisotopic (exact) mass is 317 g/mol. The molecule has 0 saturated heterocycles. The minimum Gasteiger partial charge on any atom is -0.394 e. The molecule has 0 bridgehead atoms. The summed E-state index contributed by atoms with van der Waals surface area (Å²) in [4.78, 5) is 8.33. The van der Waals surface area contributed by atoms with Crippen molar-refractivity contribution in [2.45, 2.75) is 19.5 Å². The molecule has 0 aliphatic carbocycles. The molecule has 1 unspecified atom stereocenters. The molecule has 7 heteroatoms. The fourth-order valence-electron chi connectivity index (χ4n) is 1.57. The highest BCUT2D eigenvalue weighted by atomic mass is 35.5. The molecule has 0 amide bonds. The molecule has 2 aromatic heterocycles. The van der Waals surface area contributed by atoms with Crippen LogP contribution in [-0.2, 0) is 6.54 Å². The van der Waals surface area contributed by atoms with E-state index in [2.05, 4.69) is 15.3 Å². The number of aliphatic hydroxyl groups is 1. The number of aromatic nitrogens is 2. The molecule has 0 aliphatic heterocycles. The van der Waals surface area contributed by atoms with E-state index in [0.29, 0.717) is 16.9 Å². The number of pyridine rings is 1. The van der Waals surface area contributed by atoms with E-state index >= 15 is 0 Å². The second kappa shape index (κ2) is 6.63. The van der Waals surface area contributed by atoms with Gasteiger partial charge < -0.3 is 10.4 Å². The van der Waals surface area contributed by atoms with Gasteiger partial charge in [0, 0.05) is 23.2 Å². The van der Waals surface area contributed by atoms with Crippen LogP contribution in [0.4, 0.5) is 0 Å². The Kier molecular flexibility index (Phi) is 5.13. The SMILES string of the molecule is Cc1csc(C(CO)NCc2ccc(Cl)nc2Cl)n1. The van der Waals surface area contributed by atoms with Crippen LogP contribution in [0.5, 0.6) is 0 Å². The molecule has 102 valence electrons. The fourth-order valence-corrected chi connectivity index (χ4v) is 2.84. The van der Waals surface area contributed by atoms with Crippen molar-refractivity contribution in [2.24, 2.45) is 0 Å². The minimum absolute atomic E-state index is 0.0222. The van der Waals surface area contributed by atoms with E-state index in [0.717, 1.165) is 16.3 Å². The Morgan fingerprint density at radius 3 is 2.74 bits per heavy atom. The van der Waals surface area contributed by atoms with Crippen molar-refractivity contribution in [2.75, 3.05) is 6.61 Å². The van der Waals surface area contributed by atoms with Crippen molar-refractivity contribution in [1.82, 2.24) is 15.3 Å². The molecule has 0 fully saturated rings. The van der Waals surface area contributed by atoms with Gasteiger partial charge in [0.15, 0.2) is 0 Å². The molecular formula is C12H13Cl2N3OS. The summed E-state index contributed by atoms with van der Waals surface area (Å²) in [6.07, 6.45) is 0. The first-order valence-electron chi connectivity index (χ1n) is 5.67. The third-order valence-electron chi connectivity index (χ3n) is 2.55. The molecular weight excluding hydrogens is 305 g/mol. The maximum atomic E-state index is 9.41. The topological polar surface area (TPSA) is 58.0 Å². The van der Waals surface area contributed by atoms with Crippen molar-refractivity contribution in [3.05, 3.63) is 44.1 Å². The predicted octanol–water partition coefficient (Wildman–Crippen LogP) is 2.98. The Morgan fingerprint density at radius 1 is 1.37 bits per heavy atom. The smallest absolute Gasteiger partial charge is 0.135 e. The summed E-state index contributed by atoms with van der Waals surface area (Å²) in [7, 11) is 0. The van der Waals surface area contributed by atoms with Gasteiger partial charge in [-0.25, -0.2) is 9.97 Å². The number of nitrogens with zero attached hydrogens (tertiary/aromatic N) is 2. The summed E-state index contributed by atoms with van der Waals surface area (Å²) in [6, 6.07) is 3.29. The van der Waals surface area contributed by atoms with Gasteiger partial charge >= 0.3 is 0 Å². The van der Waals surface area contributed by atoms with Crippen molar-refractivity contribution in [3.63, 3.8) is 0 Å². The first-order valence-corrected chi connectivity index (χ1v) is 7.31. The molecule has 2 N–H and O–H groups in total. The molecule has 19 heavy (non-hydrogen) atoms. The maximum Gasteiger partial charge on any atom is 0.135 e.